The summed E-state index contributed by atoms with van der Waals surface area (Å²) in [5.41, 5.74) is 7.76. The number of nitrogens with one attached hydrogen (secondary N) is 1. The summed E-state index contributed by atoms with van der Waals surface area (Å²) in [6.45, 7) is 0. The quantitative estimate of drug-likeness (QED) is 0.824. The molecule has 1 aromatic heterocycles. The molecule has 0 aromatic carbocycles. The van der Waals surface area contributed by atoms with Crippen molar-refractivity contribution in [3.05, 3.63) is 16.0 Å². The molecule has 3 N–H and O–H groups in total. The third kappa shape index (κ3) is 2.97. The maximum atomic E-state index is 12.3. The Labute approximate surface area is 129 Å². The number of thiophene rings is 1. The lowest BCUT2D eigenvalue weighted by Gasteiger charge is -2.09. The lowest BCUT2D eigenvalue weighted by molar-refractivity contribution is -0.119. The molecule has 2 aliphatic carbocycles. The smallest absolute Gasteiger partial charge is 0.228 e. The summed E-state index contributed by atoms with van der Waals surface area (Å²) in [6.07, 6.45) is 8.11. The van der Waals surface area contributed by atoms with Crippen molar-refractivity contribution in [3.8, 4) is 6.07 Å². The van der Waals surface area contributed by atoms with Gasteiger partial charge in [0.05, 0.1) is 5.56 Å². The summed E-state index contributed by atoms with van der Waals surface area (Å²) in [7, 11) is 0. The Hall–Kier alpha value is -1.38. The predicted octanol–water partition coefficient (Wildman–Crippen LogP) is 2.95. The fourth-order valence-electron chi connectivity index (χ4n) is 3.42. The van der Waals surface area contributed by atoms with E-state index in [1.165, 1.54) is 23.3 Å². The van der Waals surface area contributed by atoms with Crippen LogP contribution >= 0.6 is 11.3 Å². The second-order valence-electron chi connectivity index (χ2n) is 6.14. The minimum absolute atomic E-state index is 0.00782. The van der Waals surface area contributed by atoms with Gasteiger partial charge in [-0.15, -0.1) is 11.3 Å². The number of aryl methyl sites for hydroxylation is 1. The fourth-order valence-corrected chi connectivity index (χ4v) is 4.66. The van der Waals surface area contributed by atoms with E-state index in [0.29, 0.717) is 5.56 Å². The maximum Gasteiger partial charge on any atom is 0.228 e. The van der Waals surface area contributed by atoms with Gasteiger partial charge in [-0.25, -0.2) is 0 Å². The molecule has 5 heteroatoms. The molecule has 1 aromatic rings. The Morgan fingerprint density at radius 2 is 2.10 bits per heavy atom. The van der Waals surface area contributed by atoms with E-state index in [1.807, 2.05) is 0 Å². The number of nitrogens with two attached hydrogens (primary N) is 1. The van der Waals surface area contributed by atoms with E-state index in [0.717, 1.165) is 43.5 Å². The van der Waals surface area contributed by atoms with Gasteiger partial charge in [-0.2, -0.15) is 5.26 Å². The van der Waals surface area contributed by atoms with Crippen molar-refractivity contribution < 1.29 is 4.79 Å². The third-order valence-corrected chi connectivity index (χ3v) is 5.82. The van der Waals surface area contributed by atoms with Crippen molar-refractivity contribution in [2.45, 2.75) is 57.4 Å². The second kappa shape index (κ2) is 6.17. The van der Waals surface area contributed by atoms with Crippen LogP contribution in [0.1, 0.15) is 54.5 Å². The van der Waals surface area contributed by atoms with Crippen molar-refractivity contribution in [1.29, 1.82) is 5.26 Å². The predicted molar refractivity (Wildman–Crippen MR) is 84.2 cm³/mol. The molecule has 112 valence electrons. The molecule has 2 aliphatic rings. The molecule has 0 aliphatic heterocycles. The van der Waals surface area contributed by atoms with Crippen LogP contribution in [0, 0.1) is 17.2 Å². The van der Waals surface area contributed by atoms with Crippen molar-refractivity contribution in [1.82, 2.24) is 0 Å². The SMILES string of the molecule is N#Cc1c(NC(=O)C2CCC(N)C2)sc2c1CCCCC2. The van der Waals surface area contributed by atoms with Crippen molar-refractivity contribution >= 4 is 22.2 Å². The minimum Gasteiger partial charge on any atom is -0.328 e. The number of carbonyl (C=O) groups is 1. The van der Waals surface area contributed by atoms with E-state index < -0.39 is 0 Å². The zero-order valence-corrected chi connectivity index (χ0v) is 13.0. The number of fused-ring (bicyclic) bond motifs is 1. The van der Waals surface area contributed by atoms with Gasteiger partial charge < -0.3 is 11.1 Å². The lowest BCUT2D eigenvalue weighted by atomic mass is 10.1. The van der Waals surface area contributed by atoms with Gasteiger partial charge in [0, 0.05) is 16.8 Å². The molecule has 1 heterocycles. The molecular weight excluding hydrogens is 282 g/mol. The molecule has 2 atom stereocenters. The maximum absolute atomic E-state index is 12.3. The first-order valence-corrected chi connectivity index (χ1v) is 8.61. The van der Waals surface area contributed by atoms with Crippen molar-refractivity contribution in [3.63, 3.8) is 0 Å². The normalized spacial score (nSPS) is 25.0. The first kappa shape index (κ1) is 14.6. The standard InChI is InChI=1S/C16H21N3OS/c17-9-13-12-4-2-1-3-5-14(12)21-16(13)19-15(20)10-6-7-11(18)8-10/h10-11H,1-8,18H2,(H,19,20). The Morgan fingerprint density at radius 3 is 2.81 bits per heavy atom. The first-order chi connectivity index (χ1) is 10.2. The van der Waals surface area contributed by atoms with Crippen LogP contribution in [0.15, 0.2) is 0 Å². The molecular formula is C16H21N3OS. The van der Waals surface area contributed by atoms with Crippen molar-refractivity contribution in [2.75, 3.05) is 5.32 Å². The van der Waals surface area contributed by atoms with Gasteiger partial charge in [-0.05, 0) is 50.5 Å². The highest BCUT2D eigenvalue weighted by molar-refractivity contribution is 7.16. The Balaban J connectivity index is 1.79. The monoisotopic (exact) mass is 303 g/mol. The minimum atomic E-state index is 0.00782. The number of amides is 1. The summed E-state index contributed by atoms with van der Waals surface area (Å²) >= 11 is 1.60. The molecule has 2 unspecified atom stereocenters. The van der Waals surface area contributed by atoms with E-state index >= 15 is 0 Å². The fraction of sp³-hybridized carbons (Fsp3) is 0.625. The Kier molecular flexibility index (Phi) is 4.27. The molecule has 1 saturated carbocycles. The summed E-state index contributed by atoms with van der Waals surface area (Å²) in [4.78, 5) is 13.6. The van der Waals surface area contributed by atoms with Gasteiger partial charge in [0.15, 0.2) is 0 Å². The number of hydrogen-bond acceptors (Lipinski definition) is 4. The first-order valence-electron chi connectivity index (χ1n) is 7.80. The van der Waals surface area contributed by atoms with Crippen LogP contribution in [0.3, 0.4) is 0 Å². The number of nitriles is 1. The molecule has 0 saturated heterocycles. The number of anilines is 1. The third-order valence-electron chi connectivity index (χ3n) is 4.61. The second-order valence-corrected chi connectivity index (χ2v) is 7.24. The van der Waals surface area contributed by atoms with Crippen LogP contribution in [0.5, 0.6) is 0 Å². The average Bonchev–Trinajstić information content (AvgIpc) is 2.96. The molecule has 0 bridgehead atoms. The summed E-state index contributed by atoms with van der Waals surface area (Å²) in [5, 5.41) is 13.2. The van der Waals surface area contributed by atoms with Gasteiger partial charge in [-0.1, -0.05) is 6.42 Å². The van der Waals surface area contributed by atoms with Crippen LogP contribution in [0.2, 0.25) is 0 Å². The molecule has 0 spiro atoms. The van der Waals surface area contributed by atoms with E-state index in [2.05, 4.69) is 11.4 Å². The van der Waals surface area contributed by atoms with Gasteiger partial charge in [0.1, 0.15) is 11.1 Å². The highest BCUT2D eigenvalue weighted by atomic mass is 32.1. The van der Waals surface area contributed by atoms with Gasteiger partial charge in [0.25, 0.3) is 0 Å². The number of rotatable bonds is 2. The summed E-state index contributed by atoms with van der Waals surface area (Å²) in [5.74, 6) is 0.0457. The molecule has 21 heavy (non-hydrogen) atoms. The van der Waals surface area contributed by atoms with Gasteiger partial charge in [0.2, 0.25) is 5.91 Å². The Bertz CT molecular complexity index is 587. The summed E-state index contributed by atoms with van der Waals surface area (Å²) in [6, 6.07) is 2.46. The lowest BCUT2D eigenvalue weighted by Crippen LogP contribution is -2.23. The zero-order chi connectivity index (χ0) is 14.8. The van der Waals surface area contributed by atoms with E-state index in [-0.39, 0.29) is 17.9 Å². The summed E-state index contributed by atoms with van der Waals surface area (Å²) < 4.78 is 0. The van der Waals surface area contributed by atoms with Gasteiger partial charge in [-0.3, -0.25) is 4.79 Å². The van der Waals surface area contributed by atoms with Crippen LogP contribution in [0.4, 0.5) is 5.00 Å². The molecule has 0 radical (unpaired) electrons. The molecule has 3 rings (SSSR count). The molecule has 1 amide bonds. The average molecular weight is 303 g/mol. The van der Waals surface area contributed by atoms with Gasteiger partial charge >= 0.3 is 0 Å². The van der Waals surface area contributed by atoms with Crippen molar-refractivity contribution in [2.24, 2.45) is 11.7 Å². The highest BCUT2D eigenvalue weighted by Crippen LogP contribution is 2.37. The van der Waals surface area contributed by atoms with E-state index in [9.17, 15) is 10.1 Å². The number of hydrogen-bond donors (Lipinski definition) is 2. The van der Waals surface area contributed by atoms with Crippen LogP contribution in [0.25, 0.3) is 0 Å². The topological polar surface area (TPSA) is 78.9 Å². The highest BCUT2D eigenvalue weighted by Gasteiger charge is 2.29. The van der Waals surface area contributed by atoms with Crippen LogP contribution in [-0.4, -0.2) is 11.9 Å². The van der Waals surface area contributed by atoms with E-state index in [4.69, 9.17) is 5.73 Å². The number of carbonyl (C=O) groups excluding carboxylic acids is 1. The van der Waals surface area contributed by atoms with Crippen LogP contribution < -0.4 is 11.1 Å². The Morgan fingerprint density at radius 1 is 1.29 bits per heavy atom. The number of nitrogens with zero attached hydrogens (tertiary/aromatic N) is 1. The molecule has 1 fully saturated rings. The molecule has 4 nitrogen and oxygen atoms in total. The van der Waals surface area contributed by atoms with Crippen LogP contribution in [-0.2, 0) is 17.6 Å². The van der Waals surface area contributed by atoms with E-state index in [1.54, 1.807) is 11.3 Å². The largest absolute Gasteiger partial charge is 0.328 e. The zero-order valence-electron chi connectivity index (χ0n) is 12.2.